The van der Waals surface area contributed by atoms with Crippen molar-refractivity contribution in [3.8, 4) is 0 Å². The fraction of sp³-hybridized carbons (Fsp3) is 1.00. The lowest BCUT2D eigenvalue weighted by Crippen LogP contribution is -2.45. The third-order valence-electron chi connectivity index (χ3n) is 3.66. The van der Waals surface area contributed by atoms with E-state index < -0.39 is 0 Å². The van der Waals surface area contributed by atoms with E-state index >= 15 is 0 Å². The van der Waals surface area contributed by atoms with Gasteiger partial charge in [0.1, 0.15) is 0 Å². The molecule has 0 aromatic heterocycles. The summed E-state index contributed by atoms with van der Waals surface area (Å²) in [6.45, 7) is 8.96. The van der Waals surface area contributed by atoms with Gasteiger partial charge in [0.15, 0.2) is 0 Å². The lowest BCUT2D eigenvalue weighted by atomic mass is 10.1. The largest absolute Gasteiger partial charge is 0.302 e. The van der Waals surface area contributed by atoms with Crippen molar-refractivity contribution >= 4 is 11.8 Å². The maximum absolute atomic E-state index is 2.67. The van der Waals surface area contributed by atoms with Gasteiger partial charge in [-0.2, -0.15) is 11.8 Å². The van der Waals surface area contributed by atoms with E-state index in [0.29, 0.717) is 0 Å². The Morgan fingerprint density at radius 2 is 1.87 bits per heavy atom. The van der Waals surface area contributed by atoms with Crippen LogP contribution in [0, 0.1) is 0 Å². The molecule has 2 saturated heterocycles. The van der Waals surface area contributed by atoms with E-state index in [1.807, 2.05) is 0 Å². The molecule has 0 N–H and O–H groups in total. The molecule has 2 rings (SSSR count). The number of likely N-dealkylation sites (tertiary alicyclic amines) is 1. The molecule has 2 aliphatic heterocycles. The number of rotatable bonds is 3. The van der Waals surface area contributed by atoms with E-state index in [-0.39, 0.29) is 0 Å². The van der Waals surface area contributed by atoms with Crippen molar-refractivity contribution in [2.75, 3.05) is 44.2 Å². The van der Waals surface area contributed by atoms with Crippen LogP contribution in [0.5, 0.6) is 0 Å². The van der Waals surface area contributed by atoms with Crippen LogP contribution < -0.4 is 0 Å². The molecule has 0 aromatic carbocycles. The van der Waals surface area contributed by atoms with Gasteiger partial charge in [-0.1, -0.05) is 6.42 Å². The highest BCUT2D eigenvalue weighted by molar-refractivity contribution is 7.99. The van der Waals surface area contributed by atoms with Gasteiger partial charge >= 0.3 is 0 Å². The third-order valence-corrected chi connectivity index (χ3v) is 4.85. The predicted octanol–water partition coefficient (Wildman–Crippen LogP) is 1.91. The minimum Gasteiger partial charge on any atom is -0.302 e. The highest BCUT2D eigenvalue weighted by Gasteiger charge is 2.19. The summed E-state index contributed by atoms with van der Waals surface area (Å²) in [6.07, 6.45) is 4.30. The zero-order valence-electron chi connectivity index (χ0n) is 9.95. The molecule has 3 heteroatoms. The quantitative estimate of drug-likeness (QED) is 0.728. The molecular weight excluding hydrogens is 204 g/mol. The summed E-state index contributed by atoms with van der Waals surface area (Å²) in [5.74, 6) is 2.67. The van der Waals surface area contributed by atoms with Gasteiger partial charge in [-0.3, -0.25) is 4.90 Å². The molecule has 0 aromatic rings. The Hall–Kier alpha value is 0.270. The lowest BCUT2D eigenvalue weighted by Gasteiger charge is -2.35. The van der Waals surface area contributed by atoms with Gasteiger partial charge in [0.25, 0.3) is 0 Å². The lowest BCUT2D eigenvalue weighted by molar-refractivity contribution is 0.165. The molecule has 2 aliphatic rings. The number of thioether (sulfide) groups is 1. The summed E-state index contributed by atoms with van der Waals surface area (Å²) in [4.78, 5) is 5.32. The zero-order valence-corrected chi connectivity index (χ0v) is 10.8. The highest BCUT2D eigenvalue weighted by atomic mass is 32.2. The molecule has 0 radical (unpaired) electrons. The Balaban J connectivity index is 1.67. The van der Waals surface area contributed by atoms with Crippen LogP contribution in [0.3, 0.4) is 0 Å². The molecule has 88 valence electrons. The molecule has 0 spiro atoms. The summed E-state index contributed by atoms with van der Waals surface area (Å²) in [6, 6.07) is 0.800. The van der Waals surface area contributed by atoms with E-state index in [4.69, 9.17) is 0 Å². The molecule has 0 amide bonds. The Bertz CT molecular complexity index is 180. The molecule has 1 atom stereocenters. The van der Waals surface area contributed by atoms with E-state index in [1.54, 1.807) is 0 Å². The number of nitrogens with zero attached hydrogens (tertiary/aromatic N) is 2. The number of hydrogen-bond donors (Lipinski definition) is 0. The summed E-state index contributed by atoms with van der Waals surface area (Å²) >= 11 is 2.11. The minimum absolute atomic E-state index is 0.800. The van der Waals surface area contributed by atoms with Crippen LogP contribution >= 0.6 is 11.8 Å². The molecular formula is C12H24N2S. The monoisotopic (exact) mass is 228 g/mol. The molecule has 0 aliphatic carbocycles. The average Bonchev–Trinajstić information content (AvgIpc) is 2.29. The molecule has 0 unspecified atom stereocenters. The second kappa shape index (κ2) is 6.12. The van der Waals surface area contributed by atoms with Crippen LogP contribution in [0.4, 0.5) is 0 Å². The van der Waals surface area contributed by atoms with Crippen molar-refractivity contribution in [3.63, 3.8) is 0 Å². The Labute approximate surface area is 98.4 Å². The van der Waals surface area contributed by atoms with Gasteiger partial charge in [0.05, 0.1) is 0 Å². The molecule has 0 saturated carbocycles. The van der Waals surface area contributed by atoms with E-state index in [1.165, 1.54) is 63.5 Å². The smallest absolute Gasteiger partial charge is 0.0158 e. The third kappa shape index (κ3) is 3.65. The number of hydrogen-bond acceptors (Lipinski definition) is 3. The summed E-state index contributed by atoms with van der Waals surface area (Å²) in [7, 11) is 0. The van der Waals surface area contributed by atoms with Gasteiger partial charge in [-0.05, 0) is 32.9 Å². The van der Waals surface area contributed by atoms with Crippen LogP contribution in [-0.2, 0) is 0 Å². The van der Waals surface area contributed by atoms with Crippen LogP contribution in [0.2, 0.25) is 0 Å². The first-order valence-electron chi connectivity index (χ1n) is 6.40. The van der Waals surface area contributed by atoms with Crippen LogP contribution in [0.25, 0.3) is 0 Å². The van der Waals surface area contributed by atoms with Crippen molar-refractivity contribution in [2.24, 2.45) is 0 Å². The summed E-state index contributed by atoms with van der Waals surface area (Å²) in [5.41, 5.74) is 0. The maximum Gasteiger partial charge on any atom is 0.0158 e. The standard InChI is InChI=1S/C12H24N2S/c1-12-11-15-10-9-14(12)8-7-13-5-3-2-4-6-13/h12H,2-11H2,1H3/t12-/m1/s1. The van der Waals surface area contributed by atoms with Gasteiger partial charge in [-0.25, -0.2) is 0 Å². The normalized spacial score (nSPS) is 30.6. The van der Waals surface area contributed by atoms with Crippen molar-refractivity contribution in [3.05, 3.63) is 0 Å². The number of piperidine rings is 1. The van der Waals surface area contributed by atoms with E-state index in [2.05, 4.69) is 28.5 Å². The molecule has 2 nitrogen and oxygen atoms in total. The first kappa shape index (κ1) is 11.7. The molecule has 0 bridgehead atoms. The first-order chi connectivity index (χ1) is 7.36. The van der Waals surface area contributed by atoms with Crippen molar-refractivity contribution in [2.45, 2.75) is 32.2 Å². The van der Waals surface area contributed by atoms with Gasteiger partial charge in [0.2, 0.25) is 0 Å². The fourth-order valence-electron chi connectivity index (χ4n) is 2.55. The van der Waals surface area contributed by atoms with Crippen LogP contribution in [0.1, 0.15) is 26.2 Å². The summed E-state index contributed by atoms with van der Waals surface area (Å²) in [5, 5.41) is 0. The molecule has 15 heavy (non-hydrogen) atoms. The average molecular weight is 228 g/mol. The second-order valence-electron chi connectivity index (χ2n) is 4.86. The fourth-order valence-corrected chi connectivity index (χ4v) is 3.63. The maximum atomic E-state index is 2.67. The van der Waals surface area contributed by atoms with Crippen molar-refractivity contribution < 1.29 is 0 Å². The molecule has 2 fully saturated rings. The van der Waals surface area contributed by atoms with Crippen LogP contribution in [0.15, 0.2) is 0 Å². The van der Waals surface area contributed by atoms with Gasteiger partial charge in [0, 0.05) is 37.2 Å². The van der Waals surface area contributed by atoms with Gasteiger partial charge in [-0.15, -0.1) is 0 Å². The highest BCUT2D eigenvalue weighted by Crippen LogP contribution is 2.16. The van der Waals surface area contributed by atoms with Crippen molar-refractivity contribution in [1.29, 1.82) is 0 Å². The van der Waals surface area contributed by atoms with Gasteiger partial charge < -0.3 is 4.90 Å². The SMILES string of the molecule is C[C@@H]1CSCCN1CCN1CCCCC1. The second-order valence-corrected chi connectivity index (χ2v) is 6.01. The Morgan fingerprint density at radius 3 is 2.60 bits per heavy atom. The summed E-state index contributed by atoms with van der Waals surface area (Å²) < 4.78 is 0. The Morgan fingerprint density at radius 1 is 1.07 bits per heavy atom. The topological polar surface area (TPSA) is 6.48 Å². The minimum atomic E-state index is 0.800. The molecule has 2 heterocycles. The van der Waals surface area contributed by atoms with Crippen molar-refractivity contribution in [1.82, 2.24) is 9.80 Å². The van der Waals surface area contributed by atoms with Crippen LogP contribution in [-0.4, -0.2) is 60.1 Å². The van der Waals surface area contributed by atoms with E-state index in [0.717, 1.165) is 6.04 Å². The first-order valence-corrected chi connectivity index (χ1v) is 7.56. The zero-order chi connectivity index (χ0) is 10.5. The predicted molar refractivity (Wildman–Crippen MR) is 68.7 cm³/mol. The Kier molecular flexibility index (Phi) is 4.79. The van der Waals surface area contributed by atoms with E-state index in [9.17, 15) is 0 Å².